The highest BCUT2D eigenvalue weighted by molar-refractivity contribution is 5.84. The third kappa shape index (κ3) is 12.9. The number of nitrogens with zero attached hydrogens (tertiary/aromatic N) is 1. The Morgan fingerprint density at radius 3 is 2.14 bits per heavy atom. The molecule has 29 heavy (non-hydrogen) atoms. The summed E-state index contributed by atoms with van der Waals surface area (Å²) in [5.41, 5.74) is -0.109. The zero-order chi connectivity index (χ0) is 22.0. The van der Waals surface area contributed by atoms with Gasteiger partial charge >= 0.3 is 0 Å². The van der Waals surface area contributed by atoms with Crippen molar-refractivity contribution in [2.45, 2.75) is 117 Å². The summed E-state index contributed by atoms with van der Waals surface area (Å²) < 4.78 is 5.24. The molecule has 5 heteroatoms. The van der Waals surface area contributed by atoms with Gasteiger partial charge in [-0.15, -0.1) is 0 Å². The van der Waals surface area contributed by atoms with E-state index in [0.717, 1.165) is 38.6 Å². The van der Waals surface area contributed by atoms with Crippen LogP contribution in [0.3, 0.4) is 0 Å². The first kappa shape index (κ1) is 27.9. The lowest BCUT2D eigenvalue weighted by Gasteiger charge is -2.42. The number of rotatable bonds is 19. The molecule has 0 aromatic heterocycles. The standard InChI is InChI=1S/C24H48N2O3/c1-6-10-12-14-18-24(5,8-3)26(20-15-13-11-7-2)23(28)17-16-22(27)25-19-21-29-9-4/h6-21H2,1-5H3,(H,25,27). The second-order valence-corrected chi connectivity index (χ2v) is 8.31. The Labute approximate surface area is 180 Å². The minimum Gasteiger partial charge on any atom is -0.380 e. The molecule has 0 bridgehead atoms. The van der Waals surface area contributed by atoms with Crippen LogP contribution >= 0.6 is 0 Å². The second kappa shape index (κ2) is 17.7. The van der Waals surface area contributed by atoms with Gasteiger partial charge in [-0.2, -0.15) is 0 Å². The molecule has 2 amide bonds. The van der Waals surface area contributed by atoms with E-state index in [0.29, 0.717) is 26.2 Å². The number of unbranched alkanes of at least 4 members (excludes halogenated alkanes) is 6. The maximum absolute atomic E-state index is 13.1. The number of hydrogen-bond donors (Lipinski definition) is 1. The highest BCUT2D eigenvalue weighted by Crippen LogP contribution is 2.28. The number of ether oxygens (including phenoxy) is 1. The highest BCUT2D eigenvalue weighted by atomic mass is 16.5. The fraction of sp³-hybridized carbons (Fsp3) is 0.917. The van der Waals surface area contributed by atoms with Gasteiger partial charge < -0.3 is 15.0 Å². The average molecular weight is 413 g/mol. The number of carbonyl (C=O) groups is 2. The van der Waals surface area contributed by atoms with E-state index in [1.807, 2.05) is 6.92 Å². The van der Waals surface area contributed by atoms with Crippen molar-refractivity contribution in [2.24, 2.45) is 0 Å². The first-order valence-electron chi connectivity index (χ1n) is 12.1. The van der Waals surface area contributed by atoms with E-state index in [4.69, 9.17) is 4.74 Å². The van der Waals surface area contributed by atoms with Gasteiger partial charge in [-0.25, -0.2) is 0 Å². The summed E-state index contributed by atoms with van der Waals surface area (Å²) in [5.74, 6) is 0.0615. The lowest BCUT2D eigenvalue weighted by molar-refractivity contribution is -0.139. The van der Waals surface area contributed by atoms with Crippen LogP contribution < -0.4 is 5.32 Å². The van der Waals surface area contributed by atoms with Crippen LogP contribution in [0.25, 0.3) is 0 Å². The molecule has 0 rings (SSSR count). The molecule has 172 valence electrons. The molecule has 0 saturated carbocycles. The van der Waals surface area contributed by atoms with E-state index in [9.17, 15) is 9.59 Å². The second-order valence-electron chi connectivity index (χ2n) is 8.31. The molecule has 0 spiro atoms. The molecule has 0 saturated heterocycles. The predicted octanol–water partition coefficient (Wildman–Crippen LogP) is 5.47. The summed E-state index contributed by atoms with van der Waals surface area (Å²) in [4.78, 5) is 27.3. The van der Waals surface area contributed by atoms with E-state index in [1.165, 1.54) is 32.1 Å². The molecule has 0 aliphatic rings. The van der Waals surface area contributed by atoms with Crippen molar-refractivity contribution >= 4 is 11.8 Å². The van der Waals surface area contributed by atoms with Crippen LogP contribution in [-0.2, 0) is 14.3 Å². The van der Waals surface area contributed by atoms with Crippen molar-refractivity contribution < 1.29 is 14.3 Å². The van der Waals surface area contributed by atoms with Gasteiger partial charge in [-0.1, -0.05) is 65.7 Å². The summed E-state index contributed by atoms with van der Waals surface area (Å²) in [7, 11) is 0. The molecule has 1 unspecified atom stereocenters. The van der Waals surface area contributed by atoms with Crippen LogP contribution in [0, 0.1) is 0 Å². The first-order valence-corrected chi connectivity index (χ1v) is 12.1. The number of nitrogens with one attached hydrogen (secondary N) is 1. The SMILES string of the molecule is CCCCCCN(C(=O)CCC(=O)NCCOCC)C(C)(CC)CCCCCC. The molecule has 1 atom stereocenters. The smallest absolute Gasteiger partial charge is 0.223 e. The van der Waals surface area contributed by atoms with Crippen molar-refractivity contribution in [3.8, 4) is 0 Å². The van der Waals surface area contributed by atoms with E-state index >= 15 is 0 Å². The molecule has 1 N–H and O–H groups in total. The van der Waals surface area contributed by atoms with E-state index in [2.05, 4.69) is 37.9 Å². The fourth-order valence-corrected chi connectivity index (χ4v) is 3.68. The average Bonchev–Trinajstić information content (AvgIpc) is 2.72. The van der Waals surface area contributed by atoms with Gasteiger partial charge in [0, 0.05) is 38.1 Å². The summed E-state index contributed by atoms with van der Waals surface area (Å²) in [6, 6.07) is 0. The van der Waals surface area contributed by atoms with Gasteiger partial charge in [0.25, 0.3) is 0 Å². The van der Waals surface area contributed by atoms with Crippen molar-refractivity contribution in [1.29, 1.82) is 0 Å². The number of carbonyl (C=O) groups excluding carboxylic acids is 2. The topological polar surface area (TPSA) is 58.6 Å². The summed E-state index contributed by atoms with van der Waals surface area (Å²) in [6.07, 6.45) is 12.0. The van der Waals surface area contributed by atoms with E-state index < -0.39 is 0 Å². The molecule has 0 aromatic rings. The Morgan fingerprint density at radius 2 is 1.55 bits per heavy atom. The van der Waals surface area contributed by atoms with Gasteiger partial charge in [-0.3, -0.25) is 9.59 Å². The van der Waals surface area contributed by atoms with E-state index in [-0.39, 0.29) is 23.8 Å². The lowest BCUT2D eigenvalue weighted by Crippen LogP contribution is -2.50. The van der Waals surface area contributed by atoms with Crippen LogP contribution in [-0.4, -0.2) is 48.6 Å². The Kier molecular flexibility index (Phi) is 17.1. The van der Waals surface area contributed by atoms with Crippen LogP contribution in [0.1, 0.15) is 112 Å². The van der Waals surface area contributed by atoms with Crippen molar-refractivity contribution in [1.82, 2.24) is 10.2 Å². The largest absolute Gasteiger partial charge is 0.380 e. The zero-order valence-electron chi connectivity index (χ0n) is 20.0. The van der Waals surface area contributed by atoms with Gasteiger partial charge in [-0.05, 0) is 33.1 Å². The monoisotopic (exact) mass is 412 g/mol. The van der Waals surface area contributed by atoms with Crippen molar-refractivity contribution in [2.75, 3.05) is 26.3 Å². The molecule has 0 heterocycles. The van der Waals surface area contributed by atoms with Crippen LogP contribution in [0.5, 0.6) is 0 Å². The molecular formula is C24H48N2O3. The number of amides is 2. The summed E-state index contributed by atoms with van der Waals surface area (Å²) >= 11 is 0. The van der Waals surface area contributed by atoms with Crippen LogP contribution in [0.2, 0.25) is 0 Å². The molecule has 0 fully saturated rings. The Bertz CT molecular complexity index is 428. The van der Waals surface area contributed by atoms with Crippen LogP contribution in [0.15, 0.2) is 0 Å². The molecule has 0 aliphatic carbocycles. The van der Waals surface area contributed by atoms with Gasteiger partial charge in [0.1, 0.15) is 0 Å². The molecular weight excluding hydrogens is 364 g/mol. The Hall–Kier alpha value is -1.10. The predicted molar refractivity (Wildman–Crippen MR) is 122 cm³/mol. The van der Waals surface area contributed by atoms with Gasteiger partial charge in [0.05, 0.1) is 6.61 Å². The molecule has 0 radical (unpaired) electrons. The quantitative estimate of drug-likeness (QED) is 0.286. The van der Waals surface area contributed by atoms with Crippen molar-refractivity contribution in [3.63, 3.8) is 0 Å². The number of hydrogen-bond acceptors (Lipinski definition) is 3. The zero-order valence-corrected chi connectivity index (χ0v) is 20.0. The lowest BCUT2D eigenvalue weighted by atomic mass is 9.88. The van der Waals surface area contributed by atoms with E-state index in [1.54, 1.807) is 0 Å². The maximum Gasteiger partial charge on any atom is 0.223 e. The minimum absolute atomic E-state index is 0.0647. The molecule has 0 aromatic carbocycles. The third-order valence-corrected chi connectivity index (χ3v) is 5.86. The summed E-state index contributed by atoms with van der Waals surface area (Å²) in [5, 5.41) is 2.84. The van der Waals surface area contributed by atoms with Crippen LogP contribution in [0.4, 0.5) is 0 Å². The first-order chi connectivity index (χ1) is 13.9. The Morgan fingerprint density at radius 1 is 0.897 bits per heavy atom. The minimum atomic E-state index is -0.109. The normalized spacial score (nSPS) is 13.1. The fourth-order valence-electron chi connectivity index (χ4n) is 3.68. The Balaban J connectivity index is 4.79. The molecule has 5 nitrogen and oxygen atoms in total. The van der Waals surface area contributed by atoms with Gasteiger partial charge in [0.15, 0.2) is 0 Å². The third-order valence-electron chi connectivity index (χ3n) is 5.86. The maximum atomic E-state index is 13.1. The van der Waals surface area contributed by atoms with Gasteiger partial charge in [0.2, 0.25) is 11.8 Å². The van der Waals surface area contributed by atoms with Crippen molar-refractivity contribution in [3.05, 3.63) is 0 Å². The summed E-state index contributed by atoms with van der Waals surface area (Å²) in [6.45, 7) is 13.3. The highest BCUT2D eigenvalue weighted by Gasteiger charge is 2.32. The molecule has 0 aliphatic heterocycles.